The Morgan fingerprint density at radius 1 is 0.960 bits per heavy atom. The first-order valence-corrected chi connectivity index (χ1v) is 10.2. The Kier molecular flexibility index (Phi) is 4.97. The van der Waals surface area contributed by atoms with Crippen LogP contribution in [0.5, 0.6) is 0 Å². The molecule has 2 saturated heterocycles. The van der Waals surface area contributed by atoms with Crippen LogP contribution in [-0.4, -0.2) is 48.6 Å². The van der Waals surface area contributed by atoms with Crippen LogP contribution >= 0.6 is 0 Å². The Hall–Kier alpha value is -1.73. The first-order chi connectivity index (χ1) is 11.8. The summed E-state index contributed by atoms with van der Waals surface area (Å²) in [4.78, 5) is 25.3. The molecule has 0 unspecified atom stereocenters. The van der Waals surface area contributed by atoms with E-state index in [2.05, 4.69) is 13.8 Å². The van der Waals surface area contributed by atoms with Crippen molar-refractivity contribution in [3.8, 4) is 0 Å². The van der Waals surface area contributed by atoms with E-state index < -0.39 is 10.0 Å². The number of benzene rings is 1. The Balaban J connectivity index is 1.69. The molecule has 0 bridgehead atoms. The number of imide groups is 1. The minimum Gasteiger partial charge on any atom is -0.279 e. The van der Waals surface area contributed by atoms with Gasteiger partial charge in [0.1, 0.15) is 0 Å². The van der Waals surface area contributed by atoms with E-state index in [1.54, 1.807) is 12.1 Å². The maximum atomic E-state index is 12.8. The van der Waals surface area contributed by atoms with Gasteiger partial charge in [0, 0.05) is 32.0 Å². The second kappa shape index (κ2) is 6.88. The molecule has 0 radical (unpaired) electrons. The molecule has 1 aromatic rings. The van der Waals surface area contributed by atoms with Crippen molar-refractivity contribution in [1.29, 1.82) is 0 Å². The summed E-state index contributed by atoms with van der Waals surface area (Å²) in [6, 6.07) is 6.85. The third kappa shape index (κ3) is 3.48. The second-order valence-electron chi connectivity index (χ2n) is 7.02. The van der Waals surface area contributed by atoms with Crippen molar-refractivity contribution in [3.05, 3.63) is 29.8 Å². The first kappa shape index (κ1) is 18.1. The molecule has 2 amide bonds. The van der Waals surface area contributed by atoms with Crippen molar-refractivity contribution < 1.29 is 18.0 Å². The minimum absolute atomic E-state index is 0.129. The summed E-state index contributed by atoms with van der Waals surface area (Å²) in [5, 5.41) is 0. The smallest absolute Gasteiger partial charge is 0.243 e. The van der Waals surface area contributed by atoms with Crippen LogP contribution in [0.25, 0.3) is 0 Å². The van der Waals surface area contributed by atoms with Crippen LogP contribution in [0.4, 0.5) is 0 Å². The molecule has 2 heterocycles. The maximum absolute atomic E-state index is 12.8. The van der Waals surface area contributed by atoms with E-state index in [0.717, 1.165) is 5.56 Å². The summed E-state index contributed by atoms with van der Waals surface area (Å²) in [5.41, 5.74) is 1.10. The predicted octanol–water partition coefficient (Wildman–Crippen LogP) is 2.11. The average molecular weight is 364 g/mol. The molecule has 0 spiro atoms. The maximum Gasteiger partial charge on any atom is 0.243 e. The highest BCUT2D eigenvalue weighted by atomic mass is 32.2. The van der Waals surface area contributed by atoms with Crippen molar-refractivity contribution in [3.63, 3.8) is 0 Å². The fourth-order valence-corrected chi connectivity index (χ4v) is 4.99. The van der Waals surface area contributed by atoms with E-state index in [1.165, 1.54) is 9.21 Å². The molecule has 2 aliphatic heterocycles. The van der Waals surface area contributed by atoms with Crippen LogP contribution in [0.3, 0.4) is 0 Å². The van der Waals surface area contributed by atoms with Gasteiger partial charge in [-0.1, -0.05) is 26.0 Å². The van der Waals surface area contributed by atoms with Crippen LogP contribution in [-0.2, 0) is 19.6 Å². The Morgan fingerprint density at radius 2 is 1.48 bits per heavy atom. The molecule has 0 atom stereocenters. The van der Waals surface area contributed by atoms with Gasteiger partial charge in [0.05, 0.1) is 4.90 Å². The molecule has 2 fully saturated rings. The zero-order chi connectivity index (χ0) is 18.2. The van der Waals surface area contributed by atoms with Gasteiger partial charge in [-0.3, -0.25) is 14.5 Å². The molecule has 3 rings (SSSR count). The highest BCUT2D eigenvalue weighted by molar-refractivity contribution is 7.89. The number of hydrogen-bond donors (Lipinski definition) is 0. The number of likely N-dealkylation sites (tertiary alicyclic amines) is 1. The first-order valence-electron chi connectivity index (χ1n) is 8.75. The molecule has 2 aliphatic rings. The lowest BCUT2D eigenvalue weighted by Gasteiger charge is -2.35. The van der Waals surface area contributed by atoms with Gasteiger partial charge in [-0.2, -0.15) is 4.31 Å². The Morgan fingerprint density at radius 3 is 1.96 bits per heavy atom. The second-order valence-corrected chi connectivity index (χ2v) is 8.95. The molecule has 0 saturated carbocycles. The molecule has 6 nitrogen and oxygen atoms in total. The number of amides is 2. The van der Waals surface area contributed by atoms with E-state index in [-0.39, 0.29) is 30.7 Å². The van der Waals surface area contributed by atoms with E-state index in [1.807, 2.05) is 12.1 Å². The SMILES string of the molecule is CC(C)c1ccc(S(=O)(=O)N2CCC(N3C(=O)CCC3=O)CC2)cc1. The van der Waals surface area contributed by atoms with Crippen LogP contribution in [0.15, 0.2) is 29.2 Å². The van der Waals surface area contributed by atoms with Gasteiger partial charge in [0.15, 0.2) is 0 Å². The zero-order valence-corrected chi connectivity index (χ0v) is 15.5. The highest BCUT2D eigenvalue weighted by Crippen LogP contribution is 2.27. The highest BCUT2D eigenvalue weighted by Gasteiger charge is 2.38. The number of rotatable bonds is 4. The zero-order valence-electron chi connectivity index (χ0n) is 14.6. The van der Waals surface area contributed by atoms with Crippen molar-refractivity contribution in [2.24, 2.45) is 0 Å². The third-order valence-electron chi connectivity index (χ3n) is 5.06. The Bertz CT molecular complexity index is 747. The quantitative estimate of drug-likeness (QED) is 0.767. The van der Waals surface area contributed by atoms with Crippen LogP contribution in [0, 0.1) is 0 Å². The van der Waals surface area contributed by atoms with Crippen LogP contribution in [0.1, 0.15) is 51.0 Å². The Labute approximate surface area is 148 Å². The number of carbonyl (C=O) groups is 2. The molecular weight excluding hydrogens is 340 g/mol. The van der Waals surface area contributed by atoms with Crippen molar-refractivity contribution in [2.45, 2.75) is 56.4 Å². The van der Waals surface area contributed by atoms with E-state index in [4.69, 9.17) is 0 Å². The summed E-state index contributed by atoms with van der Waals surface area (Å²) < 4.78 is 27.1. The van der Waals surface area contributed by atoms with Crippen LogP contribution in [0.2, 0.25) is 0 Å². The normalized spacial score (nSPS) is 20.7. The van der Waals surface area contributed by atoms with E-state index in [0.29, 0.717) is 36.7 Å². The molecule has 0 aromatic heterocycles. The van der Waals surface area contributed by atoms with Gasteiger partial charge in [0.25, 0.3) is 0 Å². The lowest BCUT2D eigenvalue weighted by atomic mass is 10.0. The number of carbonyl (C=O) groups excluding carboxylic acids is 2. The monoisotopic (exact) mass is 364 g/mol. The predicted molar refractivity (Wildman–Crippen MR) is 93.4 cm³/mol. The topological polar surface area (TPSA) is 74.8 Å². The molecule has 1 aromatic carbocycles. The van der Waals surface area contributed by atoms with Crippen LogP contribution < -0.4 is 0 Å². The summed E-state index contributed by atoms with van der Waals surface area (Å²) in [6.07, 6.45) is 1.56. The van der Waals surface area contributed by atoms with Gasteiger partial charge < -0.3 is 0 Å². The third-order valence-corrected chi connectivity index (χ3v) is 6.98. The largest absolute Gasteiger partial charge is 0.279 e. The summed E-state index contributed by atoms with van der Waals surface area (Å²) in [7, 11) is -3.53. The molecular formula is C18H24N2O4S. The van der Waals surface area contributed by atoms with Gasteiger partial charge in [-0.15, -0.1) is 0 Å². The molecule has 7 heteroatoms. The fraction of sp³-hybridized carbons (Fsp3) is 0.556. The number of piperidine rings is 1. The van der Waals surface area contributed by atoms with Gasteiger partial charge in [-0.05, 0) is 36.5 Å². The van der Waals surface area contributed by atoms with Crippen molar-refractivity contribution in [2.75, 3.05) is 13.1 Å². The summed E-state index contributed by atoms with van der Waals surface area (Å²) >= 11 is 0. The minimum atomic E-state index is -3.53. The fourth-order valence-electron chi connectivity index (χ4n) is 3.52. The lowest BCUT2D eigenvalue weighted by Crippen LogP contribution is -2.48. The standard InChI is InChI=1S/C18H24N2O4S/c1-13(2)14-3-5-16(6-4-14)25(23,24)19-11-9-15(10-12-19)20-17(21)7-8-18(20)22/h3-6,13,15H,7-12H2,1-2H3. The van der Waals surface area contributed by atoms with E-state index >= 15 is 0 Å². The summed E-state index contributed by atoms with van der Waals surface area (Å²) in [5.74, 6) is 0.0918. The van der Waals surface area contributed by atoms with E-state index in [9.17, 15) is 18.0 Å². The number of sulfonamides is 1. The molecule has 0 N–H and O–H groups in total. The summed E-state index contributed by atoms with van der Waals surface area (Å²) in [6.45, 7) is 4.79. The molecule has 0 aliphatic carbocycles. The van der Waals surface area contributed by atoms with Crippen molar-refractivity contribution >= 4 is 21.8 Å². The molecule has 25 heavy (non-hydrogen) atoms. The number of nitrogens with zero attached hydrogens (tertiary/aromatic N) is 2. The van der Waals surface area contributed by atoms with Crippen molar-refractivity contribution in [1.82, 2.24) is 9.21 Å². The average Bonchev–Trinajstić information content (AvgIpc) is 2.93. The van der Waals surface area contributed by atoms with Gasteiger partial charge in [0.2, 0.25) is 21.8 Å². The van der Waals surface area contributed by atoms with Gasteiger partial charge in [-0.25, -0.2) is 8.42 Å². The van der Waals surface area contributed by atoms with Gasteiger partial charge >= 0.3 is 0 Å². The number of hydrogen-bond acceptors (Lipinski definition) is 4. The lowest BCUT2D eigenvalue weighted by molar-refractivity contribution is -0.141. The molecule has 136 valence electrons.